The summed E-state index contributed by atoms with van der Waals surface area (Å²) in [6.07, 6.45) is 8.51. The number of hydrogen-bond acceptors (Lipinski definition) is 3. The van der Waals surface area contributed by atoms with Crippen molar-refractivity contribution in [3.05, 3.63) is 0 Å². The van der Waals surface area contributed by atoms with Crippen LogP contribution in [0.4, 0.5) is 4.79 Å². The maximum Gasteiger partial charge on any atom is 0.318 e. The van der Waals surface area contributed by atoms with E-state index in [1.165, 1.54) is 32.1 Å². The first-order chi connectivity index (χ1) is 8.09. The summed E-state index contributed by atoms with van der Waals surface area (Å²) in [5.41, 5.74) is 4.91. The molecule has 0 aromatic rings. The number of carbonyl (C=O) groups is 2. The van der Waals surface area contributed by atoms with Gasteiger partial charge in [-0.15, -0.1) is 0 Å². The lowest BCUT2D eigenvalue weighted by Crippen LogP contribution is -2.49. The Morgan fingerprint density at radius 1 is 1.12 bits per heavy atom. The summed E-state index contributed by atoms with van der Waals surface area (Å²) in [6, 6.07) is -0.780. The van der Waals surface area contributed by atoms with Crippen LogP contribution in [0.15, 0.2) is 0 Å². The van der Waals surface area contributed by atoms with Gasteiger partial charge < -0.3 is 11.1 Å². The number of urea groups is 1. The topological polar surface area (TPSA) is 84.2 Å². The first-order valence-electron chi connectivity index (χ1n) is 6.46. The lowest BCUT2D eigenvalue weighted by Gasteiger charge is -2.24. The van der Waals surface area contributed by atoms with Gasteiger partial charge in [0.15, 0.2) is 0 Å². The zero-order chi connectivity index (χ0) is 12.7. The van der Waals surface area contributed by atoms with Gasteiger partial charge in [-0.2, -0.15) is 0 Å². The standard InChI is InChI=1S/C12H23N3O2/c1-9(11(16)15-12(13)17)14-10-7-5-3-2-4-6-8-10/h9-10,14H,2-8H2,1H3,(H3,13,15,16,17)/t9-/m1/s1. The van der Waals surface area contributed by atoms with Crippen LogP contribution in [0, 0.1) is 0 Å². The maximum absolute atomic E-state index is 11.5. The molecule has 0 spiro atoms. The first-order valence-corrected chi connectivity index (χ1v) is 6.46. The number of carbonyl (C=O) groups excluding carboxylic acids is 2. The molecule has 17 heavy (non-hydrogen) atoms. The zero-order valence-electron chi connectivity index (χ0n) is 10.5. The molecule has 1 atom stereocenters. The third-order valence-corrected chi connectivity index (χ3v) is 3.23. The van der Waals surface area contributed by atoms with Crippen LogP contribution in [0.2, 0.25) is 0 Å². The van der Waals surface area contributed by atoms with Crippen molar-refractivity contribution in [1.82, 2.24) is 10.6 Å². The Balaban J connectivity index is 2.34. The summed E-state index contributed by atoms with van der Waals surface area (Å²) in [5, 5.41) is 5.37. The highest BCUT2D eigenvalue weighted by Gasteiger charge is 2.19. The molecule has 1 aliphatic rings. The lowest BCUT2D eigenvalue weighted by molar-refractivity contribution is -0.121. The van der Waals surface area contributed by atoms with Gasteiger partial charge in [-0.3, -0.25) is 10.1 Å². The minimum atomic E-state index is -0.790. The van der Waals surface area contributed by atoms with Crippen molar-refractivity contribution in [3.63, 3.8) is 0 Å². The highest BCUT2D eigenvalue weighted by atomic mass is 16.2. The summed E-state index contributed by atoms with van der Waals surface area (Å²) in [4.78, 5) is 22.1. The molecule has 0 bridgehead atoms. The molecule has 5 heteroatoms. The van der Waals surface area contributed by atoms with Gasteiger partial charge in [0.25, 0.3) is 0 Å². The zero-order valence-corrected chi connectivity index (χ0v) is 10.5. The molecule has 1 aliphatic carbocycles. The molecule has 1 saturated carbocycles. The van der Waals surface area contributed by atoms with Crippen LogP contribution >= 0.6 is 0 Å². The van der Waals surface area contributed by atoms with E-state index in [0.29, 0.717) is 6.04 Å². The molecule has 5 nitrogen and oxygen atoms in total. The number of nitrogens with two attached hydrogens (primary N) is 1. The first kappa shape index (κ1) is 14.0. The van der Waals surface area contributed by atoms with E-state index in [4.69, 9.17) is 5.73 Å². The number of rotatable bonds is 3. The van der Waals surface area contributed by atoms with Gasteiger partial charge in [0, 0.05) is 6.04 Å². The Labute approximate surface area is 103 Å². The lowest BCUT2D eigenvalue weighted by atomic mass is 9.96. The van der Waals surface area contributed by atoms with E-state index in [9.17, 15) is 9.59 Å². The number of imide groups is 1. The predicted octanol–water partition coefficient (Wildman–Crippen LogP) is 1.27. The molecule has 0 aromatic heterocycles. The van der Waals surface area contributed by atoms with Crippen molar-refractivity contribution in [3.8, 4) is 0 Å². The van der Waals surface area contributed by atoms with Crippen molar-refractivity contribution in [2.24, 2.45) is 5.73 Å². The van der Waals surface area contributed by atoms with Crippen molar-refractivity contribution in [2.45, 2.75) is 64.0 Å². The molecule has 98 valence electrons. The van der Waals surface area contributed by atoms with Crippen LogP contribution in [0.3, 0.4) is 0 Å². The van der Waals surface area contributed by atoms with Gasteiger partial charge in [0.1, 0.15) is 0 Å². The summed E-state index contributed by atoms with van der Waals surface area (Å²) < 4.78 is 0. The average Bonchev–Trinajstić information content (AvgIpc) is 2.20. The normalized spacial score (nSPS) is 20.1. The number of hydrogen-bond donors (Lipinski definition) is 3. The molecule has 1 rings (SSSR count). The van der Waals surface area contributed by atoms with Crippen LogP contribution < -0.4 is 16.4 Å². The molecule has 0 heterocycles. The van der Waals surface area contributed by atoms with Crippen LogP contribution in [0.1, 0.15) is 51.9 Å². The molecular formula is C12H23N3O2. The predicted molar refractivity (Wildman–Crippen MR) is 66.4 cm³/mol. The SMILES string of the molecule is C[C@@H](NC1CCCCCCC1)C(=O)NC(N)=O. The van der Waals surface area contributed by atoms with Gasteiger partial charge in [0.2, 0.25) is 5.91 Å². The fourth-order valence-corrected chi connectivity index (χ4v) is 2.28. The molecule has 0 aromatic carbocycles. The monoisotopic (exact) mass is 241 g/mol. The Morgan fingerprint density at radius 2 is 1.65 bits per heavy atom. The molecule has 0 saturated heterocycles. The Hall–Kier alpha value is -1.10. The molecule has 0 aliphatic heterocycles. The van der Waals surface area contributed by atoms with Crippen LogP contribution in [0.5, 0.6) is 0 Å². The third kappa shape index (κ3) is 5.68. The van der Waals surface area contributed by atoms with Crippen LogP contribution in [-0.2, 0) is 4.79 Å². The van der Waals surface area contributed by atoms with Gasteiger partial charge >= 0.3 is 6.03 Å². The maximum atomic E-state index is 11.5. The van der Waals surface area contributed by atoms with Crippen molar-refractivity contribution < 1.29 is 9.59 Å². The van der Waals surface area contributed by atoms with E-state index in [1.54, 1.807) is 6.92 Å². The molecule has 0 radical (unpaired) electrons. The highest BCUT2D eigenvalue weighted by Crippen LogP contribution is 2.17. The van der Waals surface area contributed by atoms with E-state index >= 15 is 0 Å². The summed E-state index contributed by atoms with van der Waals surface area (Å²) in [6.45, 7) is 1.76. The largest absolute Gasteiger partial charge is 0.351 e. The number of amides is 3. The Bertz CT molecular complexity index is 260. The Morgan fingerprint density at radius 3 is 2.18 bits per heavy atom. The second-order valence-corrected chi connectivity index (χ2v) is 4.78. The van der Waals surface area contributed by atoms with Gasteiger partial charge in [0.05, 0.1) is 6.04 Å². The van der Waals surface area contributed by atoms with E-state index in [1.807, 2.05) is 0 Å². The van der Waals surface area contributed by atoms with Gasteiger partial charge in [-0.05, 0) is 19.8 Å². The van der Waals surface area contributed by atoms with Crippen LogP contribution in [-0.4, -0.2) is 24.0 Å². The Kier molecular flexibility index (Phi) is 5.97. The fourth-order valence-electron chi connectivity index (χ4n) is 2.28. The second kappa shape index (κ2) is 7.27. The fraction of sp³-hybridized carbons (Fsp3) is 0.833. The molecule has 4 N–H and O–H groups in total. The van der Waals surface area contributed by atoms with Crippen molar-refractivity contribution >= 4 is 11.9 Å². The van der Waals surface area contributed by atoms with E-state index in [-0.39, 0.29) is 11.9 Å². The molecular weight excluding hydrogens is 218 g/mol. The third-order valence-electron chi connectivity index (χ3n) is 3.23. The minimum absolute atomic E-state index is 0.348. The average molecular weight is 241 g/mol. The summed E-state index contributed by atoms with van der Waals surface area (Å²) >= 11 is 0. The van der Waals surface area contributed by atoms with Crippen molar-refractivity contribution in [1.29, 1.82) is 0 Å². The number of nitrogens with one attached hydrogen (secondary N) is 2. The van der Waals surface area contributed by atoms with E-state index < -0.39 is 6.03 Å². The highest BCUT2D eigenvalue weighted by molar-refractivity contribution is 5.96. The summed E-state index contributed by atoms with van der Waals surface area (Å²) in [7, 11) is 0. The quantitative estimate of drug-likeness (QED) is 0.695. The second-order valence-electron chi connectivity index (χ2n) is 4.78. The minimum Gasteiger partial charge on any atom is -0.351 e. The van der Waals surface area contributed by atoms with Crippen molar-refractivity contribution in [2.75, 3.05) is 0 Å². The van der Waals surface area contributed by atoms with Crippen LogP contribution in [0.25, 0.3) is 0 Å². The smallest absolute Gasteiger partial charge is 0.318 e. The molecule has 1 fully saturated rings. The molecule has 0 unspecified atom stereocenters. The van der Waals surface area contributed by atoms with E-state index in [2.05, 4.69) is 10.6 Å². The van der Waals surface area contributed by atoms with Gasteiger partial charge in [-0.1, -0.05) is 32.1 Å². The summed E-state index contributed by atoms with van der Waals surface area (Å²) in [5.74, 6) is -0.348. The molecule has 3 amide bonds. The van der Waals surface area contributed by atoms with Gasteiger partial charge in [-0.25, -0.2) is 4.79 Å². The van der Waals surface area contributed by atoms with E-state index in [0.717, 1.165) is 12.8 Å². The number of primary amides is 1.